The van der Waals surface area contributed by atoms with Crippen molar-refractivity contribution in [3.8, 4) is 28.7 Å². The van der Waals surface area contributed by atoms with Crippen molar-refractivity contribution in [2.45, 2.75) is 0 Å². The fraction of sp³-hybridized carbons (Fsp3) is 0.238. The molecule has 0 aromatic heterocycles. The highest BCUT2D eigenvalue weighted by Gasteiger charge is 2.18. The summed E-state index contributed by atoms with van der Waals surface area (Å²) in [7, 11) is 7.61. The predicted octanol–water partition coefficient (Wildman–Crippen LogP) is 4.15. The number of rotatable bonds is 9. The highest BCUT2D eigenvalue weighted by molar-refractivity contribution is 5.82. The van der Waals surface area contributed by atoms with E-state index in [1.807, 2.05) is 18.2 Å². The molecule has 0 bridgehead atoms. The molecule has 0 fully saturated rings. The topological polar surface area (TPSA) is 89.3 Å². The summed E-state index contributed by atoms with van der Waals surface area (Å²) in [5.74, 6) is 2.44. The first-order valence-electron chi connectivity index (χ1n) is 8.53. The minimum Gasteiger partial charge on any atom is -0.497 e. The van der Waals surface area contributed by atoms with E-state index in [-0.39, 0.29) is 0 Å². The average Bonchev–Trinajstić information content (AvgIpc) is 2.74. The second-order valence-electron chi connectivity index (χ2n) is 5.73. The first-order valence-corrected chi connectivity index (χ1v) is 8.53. The molecular weight excluding hydrogens is 378 g/mol. The van der Waals surface area contributed by atoms with Gasteiger partial charge in [-0.3, -0.25) is 10.1 Å². The van der Waals surface area contributed by atoms with Crippen LogP contribution in [0.2, 0.25) is 0 Å². The Hall–Kier alpha value is -3.68. The Morgan fingerprint density at radius 3 is 1.86 bits per heavy atom. The van der Waals surface area contributed by atoms with Gasteiger partial charge >= 0.3 is 0 Å². The van der Waals surface area contributed by atoms with Crippen molar-refractivity contribution in [2.75, 3.05) is 35.5 Å². The largest absolute Gasteiger partial charge is 0.497 e. The normalized spacial score (nSPS) is 10.9. The monoisotopic (exact) mass is 401 g/mol. The Morgan fingerprint density at radius 1 is 0.759 bits per heavy atom. The van der Waals surface area contributed by atoms with E-state index in [0.717, 1.165) is 11.8 Å². The van der Waals surface area contributed by atoms with Gasteiger partial charge in [-0.15, -0.1) is 0 Å². The number of methoxy groups -OCH3 is 5. The van der Waals surface area contributed by atoms with E-state index in [2.05, 4.69) is 0 Å². The smallest absolute Gasteiger partial charge is 0.235 e. The van der Waals surface area contributed by atoms with Crippen LogP contribution in [0.4, 0.5) is 0 Å². The molecule has 0 saturated heterocycles. The molecule has 29 heavy (non-hydrogen) atoms. The third kappa shape index (κ3) is 5.19. The fourth-order valence-electron chi connectivity index (χ4n) is 2.75. The molecule has 0 radical (unpaired) electrons. The molecule has 2 rings (SSSR count). The van der Waals surface area contributed by atoms with Crippen LogP contribution < -0.4 is 23.7 Å². The van der Waals surface area contributed by atoms with Crippen LogP contribution in [-0.4, -0.2) is 40.5 Å². The second-order valence-corrected chi connectivity index (χ2v) is 5.73. The summed E-state index contributed by atoms with van der Waals surface area (Å²) in [6, 6.07) is 7.07. The van der Waals surface area contributed by atoms with Crippen molar-refractivity contribution < 1.29 is 28.6 Å². The summed E-state index contributed by atoms with van der Waals surface area (Å²) in [6.45, 7) is 0. The van der Waals surface area contributed by atoms with E-state index in [4.69, 9.17) is 23.7 Å². The van der Waals surface area contributed by atoms with Gasteiger partial charge in [0.2, 0.25) is 11.9 Å². The zero-order chi connectivity index (χ0) is 21.4. The molecule has 0 aliphatic carbocycles. The molecule has 8 heteroatoms. The van der Waals surface area contributed by atoms with Crippen LogP contribution >= 0.6 is 0 Å². The maximum absolute atomic E-state index is 10.8. The summed E-state index contributed by atoms with van der Waals surface area (Å²) in [5, 5.41) is 10.8. The van der Waals surface area contributed by atoms with Gasteiger partial charge in [0, 0.05) is 17.7 Å². The van der Waals surface area contributed by atoms with Crippen molar-refractivity contribution in [1.82, 2.24) is 0 Å². The van der Waals surface area contributed by atoms with Crippen LogP contribution in [0.5, 0.6) is 28.7 Å². The Bertz CT molecular complexity index is 913. The fourth-order valence-corrected chi connectivity index (χ4v) is 2.75. The van der Waals surface area contributed by atoms with E-state index >= 15 is 0 Å². The predicted molar refractivity (Wildman–Crippen MR) is 111 cm³/mol. The summed E-state index contributed by atoms with van der Waals surface area (Å²) >= 11 is 0. The molecule has 2 aromatic carbocycles. The average molecular weight is 401 g/mol. The lowest BCUT2D eigenvalue weighted by Crippen LogP contribution is -1.99. The molecule has 0 spiro atoms. The number of benzene rings is 2. The van der Waals surface area contributed by atoms with Crippen LogP contribution in [0, 0.1) is 10.1 Å². The second kappa shape index (κ2) is 10.0. The third-order valence-electron chi connectivity index (χ3n) is 4.09. The maximum Gasteiger partial charge on any atom is 0.235 e. The van der Waals surface area contributed by atoms with Gasteiger partial charge in [0.25, 0.3) is 0 Å². The van der Waals surface area contributed by atoms with Crippen molar-refractivity contribution in [3.05, 3.63) is 57.3 Å². The van der Waals surface area contributed by atoms with Crippen LogP contribution in [0.15, 0.2) is 30.5 Å². The Labute approximate surface area is 169 Å². The molecule has 0 saturated carbocycles. The molecule has 0 aliphatic heterocycles. The van der Waals surface area contributed by atoms with Gasteiger partial charge < -0.3 is 23.7 Å². The molecule has 0 N–H and O–H groups in total. The van der Waals surface area contributed by atoms with Gasteiger partial charge in [-0.1, -0.05) is 6.08 Å². The minimum absolute atomic E-state index is 0.385. The van der Waals surface area contributed by atoms with Gasteiger partial charge in [0.15, 0.2) is 11.5 Å². The van der Waals surface area contributed by atoms with Gasteiger partial charge in [-0.25, -0.2) is 0 Å². The highest BCUT2D eigenvalue weighted by atomic mass is 16.6. The zero-order valence-electron chi connectivity index (χ0n) is 16.9. The number of ether oxygens (including phenoxy) is 5. The molecule has 154 valence electrons. The molecule has 0 unspecified atom stereocenters. The molecule has 0 amide bonds. The first-order chi connectivity index (χ1) is 14.0. The lowest BCUT2D eigenvalue weighted by atomic mass is 10.0. The lowest BCUT2D eigenvalue weighted by molar-refractivity contribution is -0.400. The van der Waals surface area contributed by atoms with Gasteiger partial charge in [-0.2, -0.15) is 0 Å². The van der Waals surface area contributed by atoms with Gasteiger partial charge in [-0.05, 0) is 35.4 Å². The highest BCUT2D eigenvalue weighted by Crippen LogP contribution is 2.43. The summed E-state index contributed by atoms with van der Waals surface area (Å²) in [5.41, 5.74) is 1.93. The molecular formula is C21H23NO7. The van der Waals surface area contributed by atoms with E-state index in [1.165, 1.54) is 27.4 Å². The van der Waals surface area contributed by atoms with Crippen LogP contribution in [0.1, 0.15) is 16.7 Å². The van der Waals surface area contributed by atoms with E-state index in [1.54, 1.807) is 32.4 Å². The first kappa shape index (κ1) is 21.6. The minimum atomic E-state index is -0.538. The van der Waals surface area contributed by atoms with Crippen molar-refractivity contribution in [2.24, 2.45) is 0 Å². The molecule has 2 aromatic rings. The number of nitrogens with zero attached hydrogens (tertiary/aromatic N) is 1. The van der Waals surface area contributed by atoms with E-state index in [9.17, 15) is 10.1 Å². The van der Waals surface area contributed by atoms with Crippen LogP contribution in [0.3, 0.4) is 0 Å². The van der Waals surface area contributed by atoms with Gasteiger partial charge in [0.1, 0.15) is 11.5 Å². The Balaban J connectivity index is 2.65. The molecule has 0 heterocycles. The van der Waals surface area contributed by atoms with Gasteiger partial charge in [0.05, 0.1) is 40.5 Å². The zero-order valence-corrected chi connectivity index (χ0v) is 16.9. The molecule has 0 atom stereocenters. The SMILES string of the molecule is COc1cc(/C=C/c2c(/C=C/[N+](=O)[O-])cc(OC)c(OC)c2OC)cc(OC)c1. The Kier molecular flexibility index (Phi) is 7.47. The molecule has 0 aliphatic rings. The van der Waals surface area contributed by atoms with Crippen molar-refractivity contribution in [1.29, 1.82) is 0 Å². The lowest BCUT2D eigenvalue weighted by Gasteiger charge is -2.16. The summed E-state index contributed by atoms with van der Waals surface area (Å²) in [4.78, 5) is 10.3. The standard InChI is InChI=1S/C21H23NO7/c1-25-16-10-14(11-17(13-16)26-2)6-7-18-15(8-9-22(23)24)12-19(27-3)21(29-5)20(18)28-4/h6-13H,1-5H3/b7-6+,9-8+. The number of hydrogen-bond donors (Lipinski definition) is 0. The number of nitro groups is 1. The number of hydrogen-bond acceptors (Lipinski definition) is 7. The van der Waals surface area contributed by atoms with E-state index < -0.39 is 4.92 Å². The quantitative estimate of drug-likeness (QED) is 0.354. The maximum atomic E-state index is 10.8. The van der Waals surface area contributed by atoms with Crippen LogP contribution in [0.25, 0.3) is 18.2 Å². The Morgan fingerprint density at radius 2 is 1.38 bits per heavy atom. The molecule has 8 nitrogen and oxygen atoms in total. The van der Waals surface area contributed by atoms with Crippen molar-refractivity contribution in [3.63, 3.8) is 0 Å². The van der Waals surface area contributed by atoms with Crippen molar-refractivity contribution >= 4 is 18.2 Å². The van der Waals surface area contributed by atoms with Crippen LogP contribution in [-0.2, 0) is 0 Å². The van der Waals surface area contributed by atoms with E-state index in [0.29, 0.717) is 39.9 Å². The third-order valence-corrected chi connectivity index (χ3v) is 4.09. The summed E-state index contributed by atoms with van der Waals surface area (Å²) in [6.07, 6.45) is 5.82. The summed E-state index contributed by atoms with van der Waals surface area (Å²) < 4.78 is 26.9.